The number of rotatable bonds is 2. The van der Waals surface area contributed by atoms with Crippen LogP contribution in [0, 0.1) is 11.8 Å². The van der Waals surface area contributed by atoms with Crippen molar-refractivity contribution in [1.29, 1.82) is 0 Å². The molecule has 0 aromatic heterocycles. The molecule has 3 atom stereocenters. The summed E-state index contributed by atoms with van der Waals surface area (Å²) in [5, 5.41) is 9.63. The fourth-order valence-electron chi connectivity index (χ4n) is 2.69. The lowest BCUT2D eigenvalue weighted by atomic mass is 10.00. The Balaban J connectivity index is 1.90. The van der Waals surface area contributed by atoms with Crippen LogP contribution in [0.15, 0.2) is 0 Å². The summed E-state index contributed by atoms with van der Waals surface area (Å²) in [7, 11) is 0. The van der Waals surface area contributed by atoms with E-state index in [-0.39, 0.29) is 6.10 Å². The molecule has 2 rings (SSSR count). The van der Waals surface area contributed by atoms with E-state index < -0.39 is 0 Å². The number of hydrogen-bond acceptors (Lipinski definition) is 3. The smallest absolute Gasteiger partial charge is 0.0583 e. The van der Waals surface area contributed by atoms with Crippen LogP contribution in [0.1, 0.15) is 12.8 Å². The highest BCUT2D eigenvalue weighted by molar-refractivity contribution is 4.93. The minimum absolute atomic E-state index is 0.0298. The lowest BCUT2D eigenvalue weighted by Gasteiger charge is -2.16. The van der Waals surface area contributed by atoms with E-state index in [0.29, 0.717) is 5.92 Å². The minimum Gasteiger partial charge on any atom is -0.393 e. The first-order valence-corrected chi connectivity index (χ1v) is 4.91. The zero-order valence-corrected chi connectivity index (χ0v) is 7.45. The molecule has 3 unspecified atom stereocenters. The van der Waals surface area contributed by atoms with Gasteiger partial charge < -0.3 is 15.7 Å². The Kier molecular flexibility index (Phi) is 2.35. The maximum atomic E-state index is 9.63. The number of likely N-dealkylation sites (tertiary alicyclic amines) is 1. The summed E-state index contributed by atoms with van der Waals surface area (Å²) >= 11 is 0. The van der Waals surface area contributed by atoms with Crippen LogP contribution >= 0.6 is 0 Å². The molecule has 1 saturated heterocycles. The topological polar surface area (TPSA) is 49.5 Å². The molecular formula is C9H18N2O. The van der Waals surface area contributed by atoms with Gasteiger partial charge in [0.25, 0.3) is 0 Å². The van der Waals surface area contributed by atoms with Crippen LogP contribution < -0.4 is 5.73 Å². The Hall–Kier alpha value is -0.120. The van der Waals surface area contributed by atoms with Gasteiger partial charge in [0.2, 0.25) is 0 Å². The van der Waals surface area contributed by atoms with Gasteiger partial charge in [0, 0.05) is 32.1 Å². The van der Waals surface area contributed by atoms with Crippen molar-refractivity contribution in [3.63, 3.8) is 0 Å². The standard InChI is InChI=1S/C9H18N2O/c10-3-4-11-5-7-1-2-9(12)8(7)6-11/h7-9,12H,1-6,10H2. The second-order valence-corrected chi connectivity index (χ2v) is 4.12. The number of aliphatic hydroxyl groups excluding tert-OH is 1. The molecule has 0 bridgehead atoms. The first kappa shape index (κ1) is 8.48. The molecule has 3 heteroatoms. The van der Waals surface area contributed by atoms with Crippen LogP contribution in [0.3, 0.4) is 0 Å². The van der Waals surface area contributed by atoms with Gasteiger partial charge >= 0.3 is 0 Å². The minimum atomic E-state index is -0.0298. The Morgan fingerprint density at radius 3 is 2.83 bits per heavy atom. The highest BCUT2D eigenvalue weighted by atomic mass is 16.3. The second-order valence-electron chi connectivity index (χ2n) is 4.12. The first-order chi connectivity index (χ1) is 5.81. The van der Waals surface area contributed by atoms with Crippen LogP contribution in [0.2, 0.25) is 0 Å². The summed E-state index contributed by atoms with van der Waals surface area (Å²) in [6, 6.07) is 0. The van der Waals surface area contributed by atoms with Crippen molar-refractivity contribution in [2.24, 2.45) is 17.6 Å². The highest BCUT2D eigenvalue weighted by Crippen LogP contribution is 2.37. The zero-order valence-electron chi connectivity index (χ0n) is 7.45. The van der Waals surface area contributed by atoms with Gasteiger partial charge in [-0.1, -0.05) is 0 Å². The lowest BCUT2D eigenvalue weighted by Crippen LogP contribution is -2.29. The molecule has 1 saturated carbocycles. The van der Waals surface area contributed by atoms with Gasteiger partial charge in [0.15, 0.2) is 0 Å². The summed E-state index contributed by atoms with van der Waals surface area (Å²) in [6.07, 6.45) is 2.20. The largest absolute Gasteiger partial charge is 0.393 e. The first-order valence-electron chi connectivity index (χ1n) is 4.91. The fraction of sp³-hybridized carbons (Fsp3) is 1.00. The van der Waals surface area contributed by atoms with Crippen LogP contribution in [0.4, 0.5) is 0 Å². The van der Waals surface area contributed by atoms with Crippen LogP contribution in [0.25, 0.3) is 0 Å². The molecular weight excluding hydrogens is 152 g/mol. The van der Waals surface area contributed by atoms with Crippen molar-refractivity contribution in [3.8, 4) is 0 Å². The van der Waals surface area contributed by atoms with Crippen LogP contribution in [-0.2, 0) is 0 Å². The normalized spacial score (nSPS) is 42.0. The Bertz CT molecular complexity index is 163. The van der Waals surface area contributed by atoms with Gasteiger partial charge in [-0.15, -0.1) is 0 Å². The van der Waals surface area contributed by atoms with E-state index in [1.54, 1.807) is 0 Å². The molecule has 12 heavy (non-hydrogen) atoms. The summed E-state index contributed by atoms with van der Waals surface area (Å²) in [5.41, 5.74) is 5.49. The van der Waals surface area contributed by atoms with Crippen molar-refractivity contribution in [1.82, 2.24) is 4.90 Å². The molecule has 3 nitrogen and oxygen atoms in total. The van der Waals surface area contributed by atoms with E-state index in [4.69, 9.17) is 5.73 Å². The van der Waals surface area contributed by atoms with Gasteiger partial charge in [-0.25, -0.2) is 0 Å². The van der Waals surface area contributed by atoms with Gasteiger partial charge in [-0.3, -0.25) is 0 Å². The molecule has 1 aliphatic carbocycles. The average molecular weight is 170 g/mol. The highest BCUT2D eigenvalue weighted by Gasteiger charge is 2.41. The summed E-state index contributed by atoms with van der Waals surface area (Å²) < 4.78 is 0. The van der Waals surface area contributed by atoms with E-state index in [0.717, 1.165) is 32.0 Å². The van der Waals surface area contributed by atoms with Crippen molar-refractivity contribution < 1.29 is 5.11 Å². The molecule has 0 spiro atoms. The molecule has 1 aliphatic heterocycles. The number of nitrogens with zero attached hydrogens (tertiary/aromatic N) is 1. The van der Waals surface area contributed by atoms with E-state index in [1.165, 1.54) is 13.0 Å². The van der Waals surface area contributed by atoms with E-state index >= 15 is 0 Å². The zero-order chi connectivity index (χ0) is 8.55. The molecule has 2 aliphatic rings. The third-order valence-corrected chi connectivity index (χ3v) is 3.34. The number of fused-ring (bicyclic) bond motifs is 1. The summed E-state index contributed by atoms with van der Waals surface area (Å²) in [4.78, 5) is 2.39. The quantitative estimate of drug-likeness (QED) is 0.595. The molecule has 0 aromatic carbocycles. The maximum absolute atomic E-state index is 9.63. The lowest BCUT2D eigenvalue weighted by molar-refractivity contribution is 0.124. The van der Waals surface area contributed by atoms with E-state index in [1.807, 2.05) is 0 Å². The molecule has 0 aromatic rings. The second kappa shape index (κ2) is 3.32. The molecule has 2 fully saturated rings. The summed E-state index contributed by atoms with van der Waals surface area (Å²) in [5.74, 6) is 1.31. The number of aliphatic hydroxyl groups is 1. The van der Waals surface area contributed by atoms with Crippen molar-refractivity contribution in [2.45, 2.75) is 18.9 Å². The van der Waals surface area contributed by atoms with Gasteiger partial charge in [0.05, 0.1) is 6.10 Å². The Labute approximate surface area is 73.5 Å². The molecule has 1 heterocycles. The summed E-state index contributed by atoms with van der Waals surface area (Å²) in [6.45, 7) is 3.98. The Morgan fingerprint density at radius 1 is 1.33 bits per heavy atom. The number of hydrogen-bond donors (Lipinski definition) is 2. The SMILES string of the molecule is NCCN1CC2CCC(O)C2C1. The predicted octanol–water partition coefficient (Wildman–Crippen LogP) is -0.352. The predicted molar refractivity (Wildman–Crippen MR) is 47.7 cm³/mol. The molecule has 0 amide bonds. The molecule has 0 radical (unpaired) electrons. The van der Waals surface area contributed by atoms with Crippen molar-refractivity contribution >= 4 is 0 Å². The van der Waals surface area contributed by atoms with E-state index in [9.17, 15) is 5.11 Å². The molecule has 3 N–H and O–H groups in total. The van der Waals surface area contributed by atoms with E-state index in [2.05, 4.69) is 4.90 Å². The van der Waals surface area contributed by atoms with Crippen LogP contribution in [0.5, 0.6) is 0 Å². The monoisotopic (exact) mass is 170 g/mol. The van der Waals surface area contributed by atoms with Gasteiger partial charge in [-0.2, -0.15) is 0 Å². The molecule has 70 valence electrons. The maximum Gasteiger partial charge on any atom is 0.0583 e. The average Bonchev–Trinajstić information content (AvgIpc) is 2.55. The van der Waals surface area contributed by atoms with Crippen molar-refractivity contribution in [3.05, 3.63) is 0 Å². The third kappa shape index (κ3) is 1.37. The number of nitrogens with two attached hydrogens (primary N) is 1. The van der Waals surface area contributed by atoms with Crippen LogP contribution in [-0.4, -0.2) is 42.3 Å². The van der Waals surface area contributed by atoms with Gasteiger partial charge in [-0.05, 0) is 18.8 Å². The third-order valence-electron chi connectivity index (χ3n) is 3.34. The Morgan fingerprint density at radius 2 is 2.17 bits per heavy atom. The van der Waals surface area contributed by atoms with Gasteiger partial charge in [0.1, 0.15) is 0 Å². The van der Waals surface area contributed by atoms with Crippen molar-refractivity contribution in [2.75, 3.05) is 26.2 Å². The fourth-order valence-corrected chi connectivity index (χ4v) is 2.69.